The fraction of sp³-hybridized carbons (Fsp3) is 0.200. The van der Waals surface area contributed by atoms with Crippen molar-refractivity contribution in [3.8, 4) is 5.75 Å². The second-order valence-electron chi connectivity index (χ2n) is 6.26. The van der Waals surface area contributed by atoms with Crippen LogP contribution in [0.3, 0.4) is 0 Å². The van der Waals surface area contributed by atoms with Crippen molar-refractivity contribution in [1.29, 1.82) is 0 Å². The molecule has 25 heavy (non-hydrogen) atoms. The Kier molecular flexibility index (Phi) is 4.68. The number of benzene rings is 2. The molecule has 3 rings (SSSR count). The van der Waals surface area contributed by atoms with Crippen molar-refractivity contribution in [2.24, 2.45) is 0 Å². The van der Waals surface area contributed by atoms with Gasteiger partial charge in [-0.05, 0) is 73.0 Å². The van der Waals surface area contributed by atoms with Gasteiger partial charge in [-0.15, -0.1) is 0 Å². The Morgan fingerprint density at radius 2 is 1.64 bits per heavy atom. The van der Waals surface area contributed by atoms with E-state index in [2.05, 4.69) is 0 Å². The van der Waals surface area contributed by atoms with E-state index >= 15 is 0 Å². The number of aryl methyl sites for hydroxylation is 3. The highest BCUT2D eigenvalue weighted by atomic mass is 32.2. The Morgan fingerprint density at radius 3 is 2.24 bits per heavy atom. The zero-order chi connectivity index (χ0) is 18.1. The highest BCUT2D eigenvalue weighted by Gasteiger charge is 2.34. The quantitative estimate of drug-likeness (QED) is 0.822. The topological polar surface area (TPSA) is 57.6 Å². The van der Waals surface area contributed by atoms with Gasteiger partial charge in [0, 0.05) is 0 Å². The van der Waals surface area contributed by atoms with Crippen LogP contribution < -0.4 is 0 Å². The van der Waals surface area contributed by atoms with E-state index in [1.54, 1.807) is 18.2 Å². The number of thioether (sulfide) groups is 1. The molecule has 1 heterocycles. The molecule has 1 aliphatic heterocycles. The molecule has 0 bridgehead atoms. The third-order valence-electron chi connectivity index (χ3n) is 4.15. The average molecular weight is 353 g/mol. The number of carbonyl (C=O) groups is 2. The van der Waals surface area contributed by atoms with E-state index < -0.39 is 0 Å². The summed E-state index contributed by atoms with van der Waals surface area (Å²) in [4.78, 5) is 26.5. The Bertz CT molecular complexity index is 861. The summed E-state index contributed by atoms with van der Waals surface area (Å²) < 4.78 is 0. The monoisotopic (exact) mass is 353 g/mol. The zero-order valence-corrected chi connectivity index (χ0v) is 15.2. The molecule has 2 aromatic carbocycles. The van der Waals surface area contributed by atoms with Gasteiger partial charge in [0.05, 0.1) is 11.4 Å². The largest absolute Gasteiger partial charge is 0.507 e. The van der Waals surface area contributed by atoms with Gasteiger partial charge in [0.1, 0.15) is 5.75 Å². The number of imide groups is 1. The van der Waals surface area contributed by atoms with Crippen LogP contribution in [0.25, 0.3) is 6.08 Å². The normalized spacial score (nSPS) is 16.1. The fourth-order valence-corrected chi connectivity index (χ4v) is 3.57. The molecule has 0 saturated carbocycles. The summed E-state index contributed by atoms with van der Waals surface area (Å²) in [5.41, 5.74) is 4.34. The van der Waals surface area contributed by atoms with Gasteiger partial charge in [-0.1, -0.05) is 29.8 Å². The van der Waals surface area contributed by atoms with E-state index in [0.717, 1.165) is 39.6 Å². The van der Waals surface area contributed by atoms with Crippen LogP contribution in [0.5, 0.6) is 5.75 Å². The van der Waals surface area contributed by atoms with E-state index in [1.807, 2.05) is 45.0 Å². The molecule has 5 heteroatoms. The van der Waals surface area contributed by atoms with E-state index in [9.17, 15) is 14.7 Å². The first-order chi connectivity index (χ1) is 11.8. The van der Waals surface area contributed by atoms with Crippen LogP contribution in [-0.4, -0.2) is 21.2 Å². The SMILES string of the molecule is Cc1ccc(CN2C(=O)S/C(=C\c3cc(C)c(O)c(C)c3)C2=O)cc1. The molecule has 0 radical (unpaired) electrons. The van der Waals surface area contributed by atoms with Crippen LogP contribution in [0.15, 0.2) is 41.3 Å². The van der Waals surface area contributed by atoms with Gasteiger partial charge in [0.15, 0.2) is 0 Å². The summed E-state index contributed by atoms with van der Waals surface area (Å²) in [5, 5.41) is 9.60. The minimum Gasteiger partial charge on any atom is -0.507 e. The number of nitrogens with zero attached hydrogens (tertiary/aromatic N) is 1. The molecule has 1 N–H and O–H groups in total. The van der Waals surface area contributed by atoms with Gasteiger partial charge < -0.3 is 5.11 Å². The van der Waals surface area contributed by atoms with E-state index in [1.165, 1.54) is 4.90 Å². The number of phenols is 1. The summed E-state index contributed by atoms with van der Waals surface area (Å²) in [6.07, 6.45) is 1.71. The van der Waals surface area contributed by atoms with E-state index in [0.29, 0.717) is 4.91 Å². The molecule has 4 nitrogen and oxygen atoms in total. The first-order valence-corrected chi connectivity index (χ1v) is 8.78. The predicted molar refractivity (Wildman–Crippen MR) is 100 cm³/mol. The standard InChI is InChI=1S/C20H19NO3S/c1-12-4-6-15(7-5-12)11-21-19(23)17(25-20(21)24)10-16-8-13(2)18(22)14(3)9-16/h4-10,22H,11H2,1-3H3/b17-10-. The minimum atomic E-state index is -0.279. The van der Waals surface area contributed by atoms with Crippen molar-refractivity contribution in [2.45, 2.75) is 27.3 Å². The maximum atomic E-state index is 12.6. The van der Waals surface area contributed by atoms with Crippen molar-refractivity contribution in [2.75, 3.05) is 0 Å². The molecule has 2 aromatic rings. The average Bonchev–Trinajstić information content (AvgIpc) is 2.82. The Balaban J connectivity index is 1.84. The van der Waals surface area contributed by atoms with Crippen LogP contribution >= 0.6 is 11.8 Å². The minimum absolute atomic E-state index is 0.254. The van der Waals surface area contributed by atoms with Crippen molar-refractivity contribution < 1.29 is 14.7 Å². The molecule has 1 saturated heterocycles. The Hall–Kier alpha value is -2.53. The lowest BCUT2D eigenvalue weighted by Crippen LogP contribution is -2.27. The molecule has 2 amide bonds. The highest BCUT2D eigenvalue weighted by molar-refractivity contribution is 8.18. The lowest BCUT2D eigenvalue weighted by molar-refractivity contribution is -0.123. The van der Waals surface area contributed by atoms with E-state index in [4.69, 9.17) is 0 Å². The van der Waals surface area contributed by atoms with Crippen LogP contribution in [0.1, 0.15) is 27.8 Å². The summed E-state index contributed by atoms with van der Waals surface area (Å²) in [6.45, 7) is 5.88. The Labute approximate surface area is 151 Å². The van der Waals surface area contributed by atoms with E-state index in [-0.39, 0.29) is 23.4 Å². The van der Waals surface area contributed by atoms with Gasteiger partial charge in [0.2, 0.25) is 0 Å². The molecule has 128 valence electrons. The highest BCUT2D eigenvalue weighted by Crippen LogP contribution is 2.34. The first-order valence-electron chi connectivity index (χ1n) is 7.96. The van der Waals surface area contributed by atoms with Crippen molar-refractivity contribution in [3.63, 3.8) is 0 Å². The van der Waals surface area contributed by atoms with Gasteiger partial charge in [-0.2, -0.15) is 0 Å². The molecule has 0 spiro atoms. The lowest BCUT2D eigenvalue weighted by atomic mass is 10.1. The molecule has 0 unspecified atom stereocenters. The molecule has 0 aliphatic carbocycles. The fourth-order valence-electron chi connectivity index (χ4n) is 2.74. The predicted octanol–water partition coefficient (Wildman–Crippen LogP) is 4.55. The summed E-state index contributed by atoms with van der Waals surface area (Å²) in [5.74, 6) is -0.0245. The summed E-state index contributed by atoms with van der Waals surface area (Å²) in [7, 11) is 0. The van der Waals surface area contributed by atoms with Crippen molar-refractivity contribution >= 4 is 29.0 Å². The van der Waals surface area contributed by atoms with Crippen molar-refractivity contribution in [1.82, 2.24) is 4.90 Å². The van der Waals surface area contributed by atoms with Gasteiger partial charge in [0.25, 0.3) is 11.1 Å². The molecule has 0 atom stereocenters. The summed E-state index contributed by atoms with van der Waals surface area (Å²) in [6, 6.07) is 11.4. The first kappa shape index (κ1) is 17.3. The molecule has 1 aliphatic rings. The molecule has 1 fully saturated rings. The molecule has 0 aromatic heterocycles. The molecular formula is C20H19NO3S. The van der Waals surface area contributed by atoms with Crippen LogP contribution in [0, 0.1) is 20.8 Å². The number of amides is 2. The van der Waals surface area contributed by atoms with Gasteiger partial charge >= 0.3 is 0 Å². The summed E-state index contributed by atoms with van der Waals surface area (Å²) >= 11 is 0.951. The second-order valence-corrected chi connectivity index (χ2v) is 7.25. The van der Waals surface area contributed by atoms with Gasteiger partial charge in [-0.25, -0.2) is 0 Å². The number of hydrogen-bond acceptors (Lipinski definition) is 4. The zero-order valence-electron chi connectivity index (χ0n) is 14.4. The van der Waals surface area contributed by atoms with Crippen molar-refractivity contribution in [3.05, 3.63) is 69.1 Å². The maximum absolute atomic E-state index is 12.6. The number of hydrogen-bond donors (Lipinski definition) is 1. The third kappa shape index (κ3) is 3.61. The maximum Gasteiger partial charge on any atom is 0.293 e. The van der Waals surface area contributed by atoms with Crippen LogP contribution in [-0.2, 0) is 11.3 Å². The molecular weight excluding hydrogens is 334 g/mol. The third-order valence-corrected chi connectivity index (χ3v) is 5.05. The lowest BCUT2D eigenvalue weighted by Gasteiger charge is -2.12. The van der Waals surface area contributed by atoms with Crippen LogP contribution in [0.4, 0.5) is 4.79 Å². The number of aromatic hydroxyl groups is 1. The smallest absolute Gasteiger partial charge is 0.293 e. The van der Waals surface area contributed by atoms with Gasteiger partial charge in [-0.3, -0.25) is 14.5 Å². The number of rotatable bonds is 3. The second kappa shape index (κ2) is 6.76. The number of phenolic OH excluding ortho intramolecular Hbond substituents is 1. The van der Waals surface area contributed by atoms with Crippen LogP contribution in [0.2, 0.25) is 0 Å². The Morgan fingerprint density at radius 1 is 1.04 bits per heavy atom. The number of carbonyl (C=O) groups excluding carboxylic acids is 2.